The number of rotatable bonds is 10. The number of phenols is 1. The van der Waals surface area contributed by atoms with Gasteiger partial charge < -0.3 is 5.11 Å². The molecular weight excluding hydrogens is 324 g/mol. The van der Waals surface area contributed by atoms with Gasteiger partial charge >= 0.3 is 0 Å². The first-order chi connectivity index (χ1) is 11.0. The van der Waals surface area contributed by atoms with Crippen molar-refractivity contribution in [2.45, 2.75) is 85.0 Å². The van der Waals surface area contributed by atoms with Crippen LogP contribution in [0.2, 0.25) is 5.02 Å². The molecule has 0 amide bonds. The summed E-state index contributed by atoms with van der Waals surface area (Å²) in [4.78, 5) is 0. The molecule has 1 nitrogen and oxygen atoms in total. The summed E-state index contributed by atoms with van der Waals surface area (Å²) in [5.74, 6) is 1.34. The molecule has 0 unspecified atom stereocenters. The molecule has 1 aromatic rings. The van der Waals surface area contributed by atoms with E-state index < -0.39 is 0 Å². The number of aromatic hydroxyl groups is 1. The lowest BCUT2D eigenvalue weighted by atomic mass is 10.1. The topological polar surface area (TPSA) is 20.2 Å². The molecule has 0 radical (unpaired) electrons. The maximum Gasteiger partial charge on any atom is 0.116 e. The molecule has 1 rings (SSSR count). The molecule has 0 aliphatic rings. The van der Waals surface area contributed by atoms with Crippen molar-refractivity contribution >= 4 is 24.2 Å². The maximum atomic E-state index is 9.06. The fourth-order valence-electron chi connectivity index (χ4n) is 2.52. The molecule has 0 fully saturated rings. The van der Waals surface area contributed by atoms with E-state index in [1.807, 2.05) is 13.8 Å². The molecule has 0 aromatic heterocycles. The molecule has 0 saturated carbocycles. The number of phenolic OH excluding ortho intramolecular Hbond substituents is 1. The van der Waals surface area contributed by atoms with E-state index in [4.69, 9.17) is 16.7 Å². The monoisotopic (exact) mass is 358 g/mol. The van der Waals surface area contributed by atoms with Gasteiger partial charge in [-0.3, -0.25) is 0 Å². The summed E-state index contributed by atoms with van der Waals surface area (Å²) >= 11 is 10.0. The predicted molar refractivity (Wildman–Crippen MR) is 108 cm³/mol. The van der Waals surface area contributed by atoms with E-state index in [0.29, 0.717) is 0 Å². The van der Waals surface area contributed by atoms with Gasteiger partial charge in [0.1, 0.15) is 5.75 Å². The van der Waals surface area contributed by atoms with Crippen LogP contribution in [0.3, 0.4) is 0 Å². The third-order valence-corrected chi connectivity index (χ3v) is 4.85. The number of aryl methyl sites for hydroxylation is 2. The summed E-state index contributed by atoms with van der Waals surface area (Å²) in [7, 11) is 0. The first-order valence-electron chi connectivity index (χ1n) is 9.09. The molecular formula is C20H35ClOS. The Morgan fingerprint density at radius 2 is 1.22 bits per heavy atom. The lowest BCUT2D eigenvalue weighted by Gasteiger charge is -2.01. The Hall–Kier alpha value is -0.340. The van der Waals surface area contributed by atoms with Gasteiger partial charge in [0.15, 0.2) is 0 Å². The molecule has 0 atom stereocenters. The van der Waals surface area contributed by atoms with E-state index in [0.717, 1.165) is 21.9 Å². The third-order valence-electron chi connectivity index (χ3n) is 3.93. The Balaban J connectivity index is 0.000000433. The fraction of sp³-hybridized carbons (Fsp3) is 0.700. The van der Waals surface area contributed by atoms with Gasteiger partial charge in [-0.15, -0.1) is 0 Å². The SMILES string of the molecule is CCCCCCCCCCCCS.Cc1cc(O)cc(C)c1Cl. The van der Waals surface area contributed by atoms with Crippen LogP contribution >= 0.6 is 24.2 Å². The Morgan fingerprint density at radius 3 is 1.61 bits per heavy atom. The van der Waals surface area contributed by atoms with Crippen LogP contribution in [-0.4, -0.2) is 10.9 Å². The van der Waals surface area contributed by atoms with Crippen molar-refractivity contribution in [2.24, 2.45) is 0 Å². The predicted octanol–water partition coefficient (Wildman–Crippen LogP) is 7.50. The highest BCUT2D eigenvalue weighted by molar-refractivity contribution is 7.80. The number of hydrogen-bond donors (Lipinski definition) is 2. The zero-order valence-electron chi connectivity index (χ0n) is 15.2. The number of halogens is 1. The molecule has 23 heavy (non-hydrogen) atoms. The summed E-state index contributed by atoms with van der Waals surface area (Å²) in [5, 5.41) is 9.79. The highest BCUT2D eigenvalue weighted by Crippen LogP contribution is 2.24. The minimum Gasteiger partial charge on any atom is -0.508 e. The number of benzene rings is 1. The molecule has 0 saturated heterocycles. The Bertz CT molecular complexity index is 374. The third kappa shape index (κ3) is 12.7. The second kappa shape index (κ2) is 15.2. The minimum absolute atomic E-state index is 0.277. The lowest BCUT2D eigenvalue weighted by molar-refractivity contribution is 0.474. The van der Waals surface area contributed by atoms with Gasteiger partial charge in [0.2, 0.25) is 0 Å². The molecule has 134 valence electrons. The van der Waals surface area contributed by atoms with Gasteiger partial charge in [-0.25, -0.2) is 0 Å². The summed E-state index contributed by atoms with van der Waals surface area (Å²) in [6.45, 7) is 6.02. The summed E-state index contributed by atoms with van der Waals surface area (Å²) in [5.41, 5.74) is 1.83. The van der Waals surface area contributed by atoms with E-state index in [1.165, 1.54) is 64.2 Å². The Labute approximate surface area is 154 Å². The van der Waals surface area contributed by atoms with Gasteiger partial charge in [-0.05, 0) is 49.3 Å². The first kappa shape index (κ1) is 22.7. The average molecular weight is 359 g/mol. The number of thiol groups is 1. The van der Waals surface area contributed by atoms with E-state index in [-0.39, 0.29) is 5.75 Å². The van der Waals surface area contributed by atoms with Crippen LogP contribution in [-0.2, 0) is 0 Å². The van der Waals surface area contributed by atoms with Crippen molar-refractivity contribution in [2.75, 3.05) is 5.75 Å². The van der Waals surface area contributed by atoms with Gasteiger partial charge in [0.25, 0.3) is 0 Å². The van der Waals surface area contributed by atoms with Gasteiger partial charge in [-0.1, -0.05) is 76.3 Å². The quantitative estimate of drug-likeness (QED) is 0.327. The van der Waals surface area contributed by atoms with Crippen molar-refractivity contribution in [3.63, 3.8) is 0 Å². The van der Waals surface area contributed by atoms with E-state index >= 15 is 0 Å². The lowest BCUT2D eigenvalue weighted by Crippen LogP contribution is -1.81. The molecule has 0 heterocycles. The molecule has 3 heteroatoms. The zero-order chi connectivity index (χ0) is 17.5. The molecule has 1 N–H and O–H groups in total. The zero-order valence-corrected chi connectivity index (χ0v) is 16.9. The molecule has 0 spiro atoms. The van der Waals surface area contributed by atoms with Crippen LogP contribution in [0.1, 0.15) is 82.3 Å². The Kier molecular flexibility index (Phi) is 15.0. The summed E-state index contributed by atoms with van der Waals surface area (Å²) < 4.78 is 0. The largest absolute Gasteiger partial charge is 0.508 e. The fourth-order valence-corrected chi connectivity index (χ4v) is 2.85. The van der Waals surface area contributed by atoms with E-state index in [1.54, 1.807) is 12.1 Å². The summed E-state index contributed by atoms with van der Waals surface area (Å²) in [6, 6.07) is 3.30. The van der Waals surface area contributed by atoms with E-state index in [2.05, 4.69) is 19.6 Å². The minimum atomic E-state index is 0.277. The highest BCUT2D eigenvalue weighted by atomic mass is 35.5. The smallest absolute Gasteiger partial charge is 0.116 e. The van der Waals surface area contributed by atoms with E-state index in [9.17, 15) is 0 Å². The average Bonchev–Trinajstić information content (AvgIpc) is 2.51. The van der Waals surface area contributed by atoms with Crippen molar-refractivity contribution in [3.05, 3.63) is 28.3 Å². The van der Waals surface area contributed by atoms with Crippen molar-refractivity contribution in [1.29, 1.82) is 0 Å². The molecule has 0 aliphatic heterocycles. The maximum absolute atomic E-state index is 9.06. The van der Waals surface area contributed by atoms with Crippen LogP contribution in [0.4, 0.5) is 0 Å². The van der Waals surface area contributed by atoms with Crippen LogP contribution in [0.15, 0.2) is 12.1 Å². The standard InChI is InChI=1S/C12H26S.C8H9ClO/c1-2-3-4-5-6-7-8-9-10-11-12-13;1-5-3-7(10)4-6(2)8(5)9/h13H,2-12H2,1H3;3-4,10H,1-2H3. The Morgan fingerprint density at radius 1 is 0.826 bits per heavy atom. The number of hydrogen-bond acceptors (Lipinski definition) is 2. The molecule has 0 bridgehead atoms. The van der Waals surface area contributed by atoms with Crippen molar-refractivity contribution in [1.82, 2.24) is 0 Å². The highest BCUT2D eigenvalue weighted by Gasteiger charge is 1.99. The van der Waals surface area contributed by atoms with Crippen LogP contribution in [0, 0.1) is 13.8 Å². The van der Waals surface area contributed by atoms with Crippen LogP contribution in [0.25, 0.3) is 0 Å². The molecule has 1 aromatic carbocycles. The summed E-state index contributed by atoms with van der Waals surface area (Å²) in [6.07, 6.45) is 14.2. The second-order valence-electron chi connectivity index (χ2n) is 6.30. The van der Waals surface area contributed by atoms with Gasteiger partial charge in [-0.2, -0.15) is 12.6 Å². The molecule has 0 aliphatic carbocycles. The van der Waals surface area contributed by atoms with Gasteiger partial charge in [0.05, 0.1) is 0 Å². The van der Waals surface area contributed by atoms with Gasteiger partial charge in [0, 0.05) is 5.02 Å². The van der Waals surface area contributed by atoms with Crippen molar-refractivity contribution in [3.8, 4) is 5.75 Å². The second-order valence-corrected chi connectivity index (χ2v) is 7.12. The first-order valence-corrected chi connectivity index (χ1v) is 10.1. The normalized spacial score (nSPS) is 10.3. The van der Waals surface area contributed by atoms with Crippen molar-refractivity contribution < 1.29 is 5.11 Å². The van der Waals surface area contributed by atoms with Crippen LogP contribution < -0.4 is 0 Å². The number of unbranched alkanes of at least 4 members (excludes halogenated alkanes) is 9. The van der Waals surface area contributed by atoms with Crippen LogP contribution in [0.5, 0.6) is 5.75 Å².